The van der Waals surface area contributed by atoms with Gasteiger partial charge in [0.15, 0.2) is 11.5 Å². The summed E-state index contributed by atoms with van der Waals surface area (Å²) < 4.78 is 4.87. The van der Waals surface area contributed by atoms with Crippen molar-refractivity contribution >= 4 is 6.08 Å². The molecule has 16 heavy (non-hydrogen) atoms. The summed E-state index contributed by atoms with van der Waals surface area (Å²) >= 11 is 0. The minimum atomic E-state index is -0.297. The number of nitrogens with zero attached hydrogens (tertiary/aromatic N) is 3. The zero-order chi connectivity index (χ0) is 12.0. The third kappa shape index (κ3) is 2.83. The minimum Gasteiger partial charge on any atom is -0.504 e. The molecule has 0 spiro atoms. The van der Waals surface area contributed by atoms with Crippen molar-refractivity contribution in [1.29, 1.82) is 0 Å². The van der Waals surface area contributed by atoms with Crippen LogP contribution in [0.25, 0.3) is 16.5 Å². The van der Waals surface area contributed by atoms with Crippen LogP contribution in [0.1, 0.15) is 5.56 Å². The van der Waals surface area contributed by atoms with Gasteiger partial charge in [0.05, 0.1) is 7.11 Å². The van der Waals surface area contributed by atoms with Gasteiger partial charge in [-0.1, -0.05) is 17.3 Å². The third-order valence-corrected chi connectivity index (χ3v) is 1.86. The molecule has 1 aromatic carbocycles. The third-order valence-electron chi connectivity index (χ3n) is 1.86. The molecule has 6 heteroatoms. The Labute approximate surface area is 92.0 Å². The molecule has 0 aliphatic carbocycles. The highest BCUT2D eigenvalue weighted by molar-refractivity contribution is 5.61. The van der Waals surface area contributed by atoms with Crippen LogP contribution in [-0.4, -0.2) is 23.9 Å². The Bertz CT molecular complexity index is 451. The van der Waals surface area contributed by atoms with Gasteiger partial charge in [-0.3, -0.25) is 0 Å². The van der Waals surface area contributed by atoms with Crippen molar-refractivity contribution < 1.29 is 14.9 Å². The van der Waals surface area contributed by atoms with E-state index in [4.69, 9.17) is 10.3 Å². The number of benzene rings is 1. The van der Waals surface area contributed by atoms with Gasteiger partial charge in [-0.2, -0.15) is 0 Å². The summed E-state index contributed by atoms with van der Waals surface area (Å²) in [6.45, 7) is 0.223. The molecule has 6 nitrogen and oxygen atoms in total. The molecule has 0 aliphatic heterocycles. The fourth-order valence-corrected chi connectivity index (χ4v) is 1.14. The molecule has 0 radical (unpaired) electrons. The summed E-state index contributed by atoms with van der Waals surface area (Å²) in [6.07, 6.45) is 3.28. The number of aromatic hydroxyl groups is 2. The van der Waals surface area contributed by atoms with Crippen molar-refractivity contribution in [3.05, 3.63) is 34.2 Å². The Hall–Kier alpha value is -2.33. The number of ether oxygens (including phenoxy) is 1. The van der Waals surface area contributed by atoms with Crippen LogP contribution >= 0.6 is 0 Å². The second-order valence-corrected chi connectivity index (χ2v) is 2.91. The quantitative estimate of drug-likeness (QED) is 0.353. The molecule has 1 rings (SSSR count). The second-order valence-electron chi connectivity index (χ2n) is 2.91. The molecule has 0 bridgehead atoms. The molecule has 2 N–H and O–H groups in total. The number of methoxy groups -OCH3 is 1. The monoisotopic (exact) mass is 221 g/mol. The molecule has 0 unspecified atom stereocenters. The molecule has 0 aromatic heterocycles. The molecular formula is C10H11N3O3. The van der Waals surface area contributed by atoms with E-state index < -0.39 is 0 Å². The maximum absolute atomic E-state index is 9.37. The van der Waals surface area contributed by atoms with Gasteiger partial charge in [-0.05, 0) is 23.2 Å². The largest absolute Gasteiger partial charge is 0.504 e. The van der Waals surface area contributed by atoms with Gasteiger partial charge in [-0.25, -0.2) is 0 Å². The van der Waals surface area contributed by atoms with Gasteiger partial charge in [0.25, 0.3) is 0 Å². The summed E-state index contributed by atoms with van der Waals surface area (Å²) in [4.78, 5) is 2.59. The predicted molar refractivity (Wildman–Crippen MR) is 59.4 cm³/mol. The van der Waals surface area contributed by atoms with Crippen molar-refractivity contribution in [1.82, 2.24) is 0 Å². The van der Waals surface area contributed by atoms with Crippen LogP contribution < -0.4 is 4.74 Å². The van der Waals surface area contributed by atoms with Crippen molar-refractivity contribution in [2.45, 2.75) is 0 Å². The normalized spacial score (nSPS) is 10.1. The minimum absolute atomic E-state index is 0.184. The van der Waals surface area contributed by atoms with Crippen LogP contribution in [0.4, 0.5) is 0 Å². The molecule has 0 saturated carbocycles. The first-order valence-electron chi connectivity index (χ1n) is 4.46. The summed E-state index contributed by atoms with van der Waals surface area (Å²) in [5, 5.41) is 22.1. The lowest BCUT2D eigenvalue weighted by molar-refractivity contribution is 0.351. The molecule has 0 heterocycles. The van der Waals surface area contributed by atoms with E-state index in [9.17, 15) is 10.2 Å². The highest BCUT2D eigenvalue weighted by Crippen LogP contribution is 2.36. The Morgan fingerprint density at radius 3 is 2.88 bits per heavy atom. The molecule has 0 aliphatic rings. The lowest BCUT2D eigenvalue weighted by Crippen LogP contribution is -1.85. The van der Waals surface area contributed by atoms with Gasteiger partial charge < -0.3 is 14.9 Å². The van der Waals surface area contributed by atoms with Gasteiger partial charge >= 0.3 is 0 Å². The first-order chi connectivity index (χ1) is 7.69. The smallest absolute Gasteiger partial charge is 0.200 e. The van der Waals surface area contributed by atoms with E-state index in [-0.39, 0.29) is 23.8 Å². The average molecular weight is 221 g/mol. The lowest BCUT2D eigenvalue weighted by atomic mass is 10.1. The summed E-state index contributed by atoms with van der Waals surface area (Å²) in [6, 6.07) is 2.94. The summed E-state index contributed by atoms with van der Waals surface area (Å²) in [5.74, 6) is -0.374. The Kier molecular flexibility index (Phi) is 4.06. The first-order valence-corrected chi connectivity index (χ1v) is 4.46. The maximum atomic E-state index is 9.37. The highest BCUT2D eigenvalue weighted by Gasteiger charge is 2.07. The maximum Gasteiger partial charge on any atom is 0.200 e. The molecule has 0 atom stereocenters. The van der Waals surface area contributed by atoms with Crippen molar-refractivity contribution in [2.24, 2.45) is 5.11 Å². The van der Waals surface area contributed by atoms with Crippen LogP contribution in [-0.2, 0) is 0 Å². The molecular weight excluding hydrogens is 210 g/mol. The molecule has 0 amide bonds. The van der Waals surface area contributed by atoms with E-state index >= 15 is 0 Å². The number of phenolic OH excluding ortho intramolecular Hbond substituents is 2. The standard InChI is InChI=1S/C10H11N3O3/c1-16-9-6-7(3-2-4-12-13-11)5-8(14)10(9)15/h2-3,5-6,14-15H,4H2,1H3. The van der Waals surface area contributed by atoms with Crippen molar-refractivity contribution in [3.8, 4) is 17.2 Å². The van der Waals surface area contributed by atoms with Gasteiger partial charge in [0.2, 0.25) is 5.75 Å². The van der Waals surface area contributed by atoms with E-state index in [2.05, 4.69) is 10.0 Å². The lowest BCUT2D eigenvalue weighted by Gasteiger charge is -2.06. The van der Waals surface area contributed by atoms with Crippen LogP contribution in [0.5, 0.6) is 17.2 Å². The Morgan fingerprint density at radius 2 is 2.25 bits per heavy atom. The number of azide groups is 1. The molecule has 0 fully saturated rings. The van der Waals surface area contributed by atoms with E-state index in [1.165, 1.54) is 13.2 Å². The van der Waals surface area contributed by atoms with Gasteiger partial charge in [-0.15, -0.1) is 0 Å². The highest BCUT2D eigenvalue weighted by atomic mass is 16.5. The molecule has 0 saturated heterocycles. The zero-order valence-corrected chi connectivity index (χ0v) is 8.66. The zero-order valence-electron chi connectivity index (χ0n) is 8.66. The van der Waals surface area contributed by atoms with Gasteiger partial charge in [0.1, 0.15) is 0 Å². The average Bonchev–Trinajstić information content (AvgIpc) is 2.29. The number of phenols is 2. The van der Waals surface area contributed by atoms with Crippen LogP contribution in [0.15, 0.2) is 23.3 Å². The van der Waals surface area contributed by atoms with Crippen LogP contribution in [0.2, 0.25) is 0 Å². The first kappa shape index (κ1) is 11.7. The van der Waals surface area contributed by atoms with Gasteiger partial charge in [0, 0.05) is 11.5 Å². The van der Waals surface area contributed by atoms with E-state index in [1.54, 1.807) is 18.2 Å². The topological polar surface area (TPSA) is 98.5 Å². The van der Waals surface area contributed by atoms with E-state index in [0.717, 1.165) is 0 Å². The van der Waals surface area contributed by atoms with Crippen LogP contribution in [0.3, 0.4) is 0 Å². The Balaban J connectivity index is 2.93. The van der Waals surface area contributed by atoms with Crippen LogP contribution in [0, 0.1) is 0 Å². The predicted octanol–water partition coefficient (Wildman–Crippen LogP) is 2.43. The summed E-state index contributed by atoms with van der Waals surface area (Å²) in [5.41, 5.74) is 8.70. The molecule has 1 aromatic rings. The fraction of sp³-hybridized carbons (Fsp3) is 0.200. The SMILES string of the molecule is COc1cc(C=CCN=[N+]=[N-])cc(O)c1O. The van der Waals surface area contributed by atoms with E-state index in [0.29, 0.717) is 5.56 Å². The second kappa shape index (κ2) is 5.53. The van der Waals surface area contributed by atoms with Crippen molar-refractivity contribution in [3.63, 3.8) is 0 Å². The fourth-order valence-electron chi connectivity index (χ4n) is 1.14. The summed E-state index contributed by atoms with van der Waals surface area (Å²) in [7, 11) is 1.39. The number of rotatable bonds is 4. The van der Waals surface area contributed by atoms with Crippen molar-refractivity contribution in [2.75, 3.05) is 13.7 Å². The molecule has 84 valence electrons. The van der Waals surface area contributed by atoms with E-state index in [1.807, 2.05) is 0 Å². The number of hydrogen-bond acceptors (Lipinski definition) is 4. The Morgan fingerprint density at radius 1 is 1.50 bits per heavy atom. The number of hydrogen-bond donors (Lipinski definition) is 2.